The fraction of sp³-hybridized carbons (Fsp3) is 0.143. The maximum atomic E-state index is 12.5. The maximum Gasteiger partial charge on any atom is 0.287 e. The van der Waals surface area contributed by atoms with E-state index in [4.69, 9.17) is 4.42 Å². The van der Waals surface area contributed by atoms with Gasteiger partial charge in [0, 0.05) is 12.3 Å². The molecule has 4 rings (SSSR count). The minimum atomic E-state index is -0.315. The van der Waals surface area contributed by atoms with E-state index in [0.717, 1.165) is 11.3 Å². The zero-order chi connectivity index (χ0) is 20.2. The third kappa shape index (κ3) is 4.16. The van der Waals surface area contributed by atoms with E-state index in [0.29, 0.717) is 5.76 Å². The molecule has 0 saturated carbocycles. The molecule has 1 N–H and O–H groups in total. The molecule has 1 unspecified atom stereocenters. The molecular formula is C21H19N5O3. The average Bonchev–Trinajstić information content (AvgIpc) is 3.42. The molecule has 0 aliphatic heterocycles. The van der Waals surface area contributed by atoms with Crippen LogP contribution in [0.2, 0.25) is 0 Å². The van der Waals surface area contributed by atoms with Gasteiger partial charge in [0.05, 0.1) is 18.3 Å². The van der Waals surface area contributed by atoms with Gasteiger partial charge in [-0.3, -0.25) is 9.59 Å². The smallest absolute Gasteiger partial charge is 0.287 e. The van der Waals surface area contributed by atoms with Crippen molar-refractivity contribution >= 4 is 5.91 Å². The molecule has 3 aromatic heterocycles. The van der Waals surface area contributed by atoms with Crippen LogP contribution in [0.15, 0.2) is 82.7 Å². The number of nitrogens with zero attached hydrogens (tertiary/aromatic N) is 4. The lowest BCUT2D eigenvalue weighted by Gasteiger charge is -2.14. The molecule has 0 spiro atoms. The molecule has 1 atom stereocenters. The minimum absolute atomic E-state index is 0.127. The van der Waals surface area contributed by atoms with E-state index >= 15 is 0 Å². The second kappa shape index (κ2) is 7.97. The third-order valence-electron chi connectivity index (χ3n) is 4.53. The first kappa shape index (κ1) is 18.4. The quantitative estimate of drug-likeness (QED) is 0.547. The second-order valence-corrected chi connectivity index (χ2v) is 6.56. The Hall–Kier alpha value is -3.94. The summed E-state index contributed by atoms with van der Waals surface area (Å²) in [6.45, 7) is 2.17. The number of pyridine rings is 1. The van der Waals surface area contributed by atoms with Gasteiger partial charge < -0.3 is 14.3 Å². The van der Waals surface area contributed by atoms with Crippen LogP contribution < -0.4 is 10.9 Å². The number of nitrogens with one attached hydrogen (secondary N) is 1. The number of hydrogen-bond acceptors (Lipinski definition) is 5. The monoisotopic (exact) mass is 389 g/mol. The Kier molecular flexibility index (Phi) is 5.07. The summed E-state index contributed by atoms with van der Waals surface area (Å²) in [5.41, 5.74) is 1.71. The summed E-state index contributed by atoms with van der Waals surface area (Å²) in [5.74, 6) is 0.424. The Morgan fingerprint density at radius 2 is 1.97 bits per heavy atom. The van der Waals surface area contributed by atoms with Crippen molar-refractivity contribution in [3.05, 3.63) is 101 Å². The summed E-state index contributed by atoms with van der Waals surface area (Å²) in [7, 11) is 0. The van der Waals surface area contributed by atoms with Crippen LogP contribution in [-0.4, -0.2) is 25.2 Å². The van der Waals surface area contributed by atoms with Crippen molar-refractivity contribution in [2.45, 2.75) is 19.5 Å². The van der Waals surface area contributed by atoms with Gasteiger partial charge in [0.15, 0.2) is 5.76 Å². The van der Waals surface area contributed by atoms with Crippen molar-refractivity contribution in [3.63, 3.8) is 0 Å². The number of carbonyl (C=O) groups excluding carboxylic acids is 1. The molecule has 0 aliphatic carbocycles. The van der Waals surface area contributed by atoms with Crippen molar-refractivity contribution in [1.29, 1.82) is 0 Å². The Morgan fingerprint density at radius 3 is 2.69 bits per heavy atom. The molecule has 0 aliphatic rings. The molecule has 146 valence electrons. The Morgan fingerprint density at radius 1 is 1.14 bits per heavy atom. The molecule has 0 fully saturated rings. The molecule has 3 heterocycles. The number of carbonyl (C=O) groups is 1. The van der Waals surface area contributed by atoms with Gasteiger partial charge in [-0.25, -0.2) is 9.67 Å². The van der Waals surface area contributed by atoms with Gasteiger partial charge in [-0.1, -0.05) is 18.2 Å². The summed E-state index contributed by atoms with van der Waals surface area (Å²) >= 11 is 0. The van der Waals surface area contributed by atoms with E-state index in [9.17, 15) is 9.59 Å². The zero-order valence-electron chi connectivity index (χ0n) is 15.7. The normalized spacial score (nSPS) is 11.9. The van der Waals surface area contributed by atoms with E-state index in [-0.39, 0.29) is 29.8 Å². The van der Waals surface area contributed by atoms with E-state index in [1.807, 2.05) is 31.2 Å². The van der Waals surface area contributed by atoms with Crippen molar-refractivity contribution in [3.8, 4) is 5.69 Å². The third-order valence-corrected chi connectivity index (χ3v) is 4.53. The number of aromatic nitrogens is 4. The lowest BCUT2D eigenvalue weighted by atomic mass is 10.1. The van der Waals surface area contributed by atoms with E-state index in [1.165, 1.54) is 17.0 Å². The van der Waals surface area contributed by atoms with Gasteiger partial charge in [0.1, 0.15) is 18.4 Å². The van der Waals surface area contributed by atoms with Crippen LogP contribution in [0.4, 0.5) is 0 Å². The van der Waals surface area contributed by atoms with Gasteiger partial charge in [-0.2, -0.15) is 5.10 Å². The van der Waals surface area contributed by atoms with Crippen LogP contribution in [-0.2, 0) is 6.54 Å². The highest BCUT2D eigenvalue weighted by Gasteiger charge is 2.15. The molecular weight excluding hydrogens is 370 g/mol. The van der Waals surface area contributed by atoms with Gasteiger partial charge in [0.2, 0.25) is 0 Å². The topological polar surface area (TPSA) is 95.0 Å². The molecule has 0 saturated heterocycles. The fourth-order valence-corrected chi connectivity index (χ4v) is 2.95. The predicted molar refractivity (Wildman–Crippen MR) is 106 cm³/mol. The fourth-order valence-electron chi connectivity index (χ4n) is 2.95. The van der Waals surface area contributed by atoms with Gasteiger partial charge in [0.25, 0.3) is 11.5 Å². The Balaban J connectivity index is 1.41. The summed E-state index contributed by atoms with van der Waals surface area (Å²) in [5, 5.41) is 7.01. The second-order valence-electron chi connectivity index (χ2n) is 6.56. The van der Waals surface area contributed by atoms with Crippen molar-refractivity contribution in [1.82, 2.24) is 24.6 Å². The SMILES string of the molecule is CC(NC(=O)c1ccc(Cn2ccccc2=O)o1)c1ccc(-n2cncn2)cc1. The van der Waals surface area contributed by atoms with Crippen LogP contribution in [0.25, 0.3) is 5.69 Å². The molecule has 1 aromatic carbocycles. The molecule has 4 aromatic rings. The maximum absolute atomic E-state index is 12.5. The number of rotatable bonds is 6. The number of furan rings is 1. The summed E-state index contributed by atoms with van der Waals surface area (Å²) < 4.78 is 8.79. The molecule has 0 radical (unpaired) electrons. The minimum Gasteiger partial charge on any atom is -0.454 e. The molecule has 29 heavy (non-hydrogen) atoms. The van der Waals surface area contributed by atoms with Crippen molar-refractivity contribution < 1.29 is 9.21 Å². The first-order valence-electron chi connectivity index (χ1n) is 9.10. The van der Waals surface area contributed by atoms with Gasteiger partial charge in [-0.15, -0.1) is 0 Å². The first-order chi connectivity index (χ1) is 14.1. The van der Waals surface area contributed by atoms with E-state index in [2.05, 4.69) is 15.4 Å². The standard InChI is InChI=1S/C21H19N5O3/c1-15(16-5-7-17(8-6-16)26-14-22-13-23-26)24-21(28)19-10-9-18(29-19)12-25-11-3-2-4-20(25)27/h2-11,13-15H,12H2,1H3,(H,24,28). The number of amides is 1. The lowest BCUT2D eigenvalue weighted by molar-refractivity contribution is 0.0910. The number of benzene rings is 1. The van der Waals surface area contributed by atoms with Crippen molar-refractivity contribution in [2.24, 2.45) is 0 Å². The molecule has 8 heteroatoms. The number of hydrogen-bond donors (Lipinski definition) is 1. The summed E-state index contributed by atoms with van der Waals surface area (Å²) in [4.78, 5) is 28.2. The highest BCUT2D eigenvalue weighted by molar-refractivity contribution is 5.91. The Bertz CT molecular complexity index is 1160. The zero-order valence-corrected chi connectivity index (χ0v) is 15.7. The first-order valence-corrected chi connectivity index (χ1v) is 9.10. The molecule has 1 amide bonds. The van der Waals surface area contributed by atoms with Gasteiger partial charge in [-0.05, 0) is 42.8 Å². The molecule has 0 bridgehead atoms. The summed E-state index contributed by atoms with van der Waals surface area (Å²) in [6.07, 6.45) is 4.77. The van der Waals surface area contributed by atoms with Crippen LogP contribution in [0.3, 0.4) is 0 Å². The van der Waals surface area contributed by atoms with Gasteiger partial charge >= 0.3 is 0 Å². The highest BCUT2D eigenvalue weighted by Crippen LogP contribution is 2.17. The van der Waals surface area contributed by atoms with E-state index < -0.39 is 0 Å². The van der Waals surface area contributed by atoms with Crippen LogP contribution >= 0.6 is 0 Å². The van der Waals surface area contributed by atoms with Crippen molar-refractivity contribution in [2.75, 3.05) is 0 Å². The average molecular weight is 389 g/mol. The predicted octanol–water partition coefficient (Wildman–Crippen LogP) is 2.56. The Labute approximate surface area is 166 Å². The van der Waals surface area contributed by atoms with Crippen LogP contribution in [0.5, 0.6) is 0 Å². The summed E-state index contributed by atoms with van der Waals surface area (Å²) in [6, 6.07) is 15.7. The molecule has 8 nitrogen and oxygen atoms in total. The van der Waals surface area contributed by atoms with Crippen LogP contribution in [0.1, 0.15) is 34.8 Å². The lowest BCUT2D eigenvalue weighted by Crippen LogP contribution is -2.26. The van der Waals surface area contributed by atoms with E-state index in [1.54, 1.807) is 41.5 Å². The highest BCUT2D eigenvalue weighted by atomic mass is 16.4. The largest absolute Gasteiger partial charge is 0.454 e. The van der Waals surface area contributed by atoms with Crippen LogP contribution in [0, 0.1) is 0 Å².